The van der Waals surface area contributed by atoms with Gasteiger partial charge in [0, 0.05) is 17.1 Å². The number of carbonyl (C=O) groups excluding carboxylic acids is 1. The first-order chi connectivity index (χ1) is 9.24. The summed E-state index contributed by atoms with van der Waals surface area (Å²) in [7, 11) is 0. The molecule has 0 amide bonds. The van der Waals surface area contributed by atoms with Crippen LogP contribution in [0, 0.1) is 5.41 Å². The Morgan fingerprint density at radius 3 is 2.20 bits per heavy atom. The predicted molar refractivity (Wildman–Crippen MR) is 86.2 cm³/mol. The fraction of sp³-hybridized carbons (Fsp3) is 0.471. The van der Waals surface area contributed by atoms with Crippen molar-refractivity contribution >= 4 is 17.4 Å². The van der Waals surface area contributed by atoms with Crippen LogP contribution in [0.1, 0.15) is 51.4 Å². The van der Waals surface area contributed by atoms with Crippen molar-refractivity contribution in [2.45, 2.75) is 41.0 Å². The molecule has 0 bridgehead atoms. The molecule has 1 rings (SSSR count). The summed E-state index contributed by atoms with van der Waals surface area (Å²) >= 11 is 5.87. The van der Waals surface area contributed by atoms with E-state index >= 15 is 0 Å². The SMILES string of the molecule is CC/C(C)=C(\NCC(C)(C)C)C(=O)c1ccc(Cl)cc1. The molecule has 1 N–H and O–H groups in total. The van der Waals surface area contributed by atoms with Gasteiger partial charge in [0.05, 0.1) is 5.70 Å². The smallest absolute Gasteiger partial charge is 0.208 e. The van der Waals surface area contributed by atoms with Crippen LogP contribution in [0.25, 0.3) is 0 Å². The Balaban J connectivity index is 3.00. The number of allylic oxidation sites excluding steroid dienone is 2. The van der Waals surface area contributed by atoms with E-state index in [2.05, 4.69) is 33.0 Å². The Bertz CT molecular complexity index is 495. The molecular weight excluding hydrogens is 270 g/mol. The minimum Gasteiger partial charge on any atom is -0.381 e. The molecular formula is C17H24ClNO. The van der Waals surface area contributed by atoms with Gasteiger partial charge in [0.1, 0.15) is 0 Å². The summed E-state index contributed by atoms with van der Waals surface area (Å²) in [6.45, 7) is 11.3. The number of hydrogen-bond acceptors (Lipinski definition) is 2. The number of ketones is 1. The van der Waals surface area contributed by atoms with Crippen molar-refractivity contribution in [1.82, 2.24) is 5.32 Å². The molecule has 0 radical (unpaired) electrons. The lowest BCUT2D eigenvalue weighted by Crippen LogP contribution is -2.30. The van der Waals surface area contributed by atoms with Gasteiger partial charge < -0.3 is 5.32 Å². The zero-order chi connectivity index (χ0) is 15.3. The van der Waals surface area contributed by atoms with Crippen LogP contribution in [0.5, 0.6) is 0 Å². The highest BCUT2D eigenvalue weighted by Gasteiger charge is 2.17. The second-order valence-corrected chi connectivity index (χ2v) is 6.70. The summed E-state index contributed by atoms with van der Waals surface area (Å²) in [5.41, 5.74) is 2.58. The second-order valence-electron chi connectivity index (χ2n) is 6.26. The van der Waals surface area contributed by atoms with E-state index in [9.17, 15) is 4.79 Å². The Labute approximate surface area is 127 Å². The lowest BCUT2D eigenvalue weighted by molar-refractivity contribution is 0.102. The quantitative estimate of drug-likeness (QED) is 0.621. The highest BCUT2D eigenvalue weighted by Crippen LogP contribution is 2.18. The second kappa shape index (κ2) is 6.94. The van der Waals surface area contributed by atoms with E-state index in [1.807, 2.05) is 6.92 Å². The maximum atomic E-state index is 12.6. The third-order valence-corrected chi connectivity index (χ3v) is 3.34. The molecule has 3 heteroatoms. The standard InChI is InChI=1S/C17H24ClNO/c1-6-12(2)15(19-11-17(3,4)5)16(20)13-7-9-14(18)10-8-13/h7-10,19H,6,11H2,1-5H3/b15-12-. The van der Waals surface area contributed by atoms with E-state index < -0.39 is 0 Å². The molecule has 0 aromatic heterocycles. The van der Waals surface area contributed by atoms with Crippen molar-refractivity contribution in [3.05, 3.63) is 46.1 Å². The van der Waals surface area contributed by atoms with Crippen molar-refractivity contribution < 1.29 is 4.79 Å². The van der Waals surface area contributed by atoms with Gasteiger partial charge in [-0.15, -0.1) is 0 Å². The van der Waals surface area contributed by atoms with Crippen LogP contribution >= 0.6 is 11.6 Å². The normalized spacial score (nSPS) is 12.9. The third kappa shape index (κ3) is 5.01. The topological polar surface area (TPSA) is 29.1 Å². The fourth-order valence-electron chi connectivity index (χ4n) is 1.70. The molecule has 0 heterocycles. The number of benzene rings is 1. The van der Waals surface area contributed by atoms with E-state index in [0.29, 0.717) is 16.3 Å². The van der Waals surface area contributed by atoms with Crippen LogP contribution in [0.15, 0.2) is 35.5 Å². The van der Waals surface area contributed by atoms with Gasteiger partial charge >= 0.3 is 0 Å². The summed E-state index contributed by atoms with van der Waals surface area (Å²) in [4.78, 5) is 12.6. The number of hydrogen-bond donors (Lipinski definition) is 1. The van der Waals surface area contributed by atoms with Crippen LogP contribution in [-0.4, -0.2) is 12.3 Å². The lowest BCUT2D eigenvalue weighted by atomic mass is 9.95. The number of Topliss-reactive ketones (excluding diaryl/α,β-unsaturated/α-hetero) is 1. The lowest BCUT2D eigenvalue weighted by Gasteiger charge is -2.22. The highest BCUT2D eigenvalue weighted by atomic mass is 35.5. The molecule has 0 atom stereocenters. The van der Waals surface area contributed by atoms with Gasteiger partial charge in [0.2, 0.25) is 5.78 Å². The molecule has 2 nitrogen and oxygen atoms in total. The zero-order valence-corrected chi connectivity index (χ0v) is 13.8. The molecule has 0 saturated carbocycles. The first-order valence-electron chi connectivity index (χ1n) is 6.98. The average Bonchev–Trinajstić information content (AvgIpc) is 2.37. The Kier molecular flexibility index (Phi) is 5.82. The van der Waals surface area contributed by atoms with Crippen molar-refractivity contribution in [1.29, 1.82) is 0 Å². The van der Waals surface area contributed by atoms with Gasteiger partial charge in [0.25, 0.3) is 0 Å². The number of halogens is 1. The third-order valence-electron chi connectivity index (χ3n) is 3.09. The molecule has 0 aliphatic heterocycles. The van der Waals surface area contributed by atoms with Crippen LogP contribution < -0.4 is 5.32 Å². The Morgan fingerprint density at radius 1 is 1.20 bits per heavy atom. The molecule has 0 saturated heterocycles. The number of nitrogens with one attached hydrogen (secondary N) is 1. The summed E-state index contributed by atoms with van der Waals surface area (Å²) < 4.78 is 0. The van der Waals surface area contributed by atoms with Gasteiger partial charge in [0.15, 0.2) is 0 Å². The van der Waals surface area contributed by atoms with E-state index in [0.717, 1.165) is 18.5 Å². The van der Waals surface area contributed by atoms with Crippen molar-refractivity contribution in [3.63, 3.8) is 0 Å². The molecule has 0 fully saturated rings. The summed E-state index contributed by atoms with van der Waals surface area (Å²) in [6, 6.07) is 7.04. The van der Waals surface area contributed by atoms with Crippen molar-refractivity contribution in [2.75, 3.05) is 6.54 Å². The molecule has 0 aliphatic rings. The summed E-state index contributed by atoms with van der Waals surface area (Å²) in [6.07, 6.45) is 0.853. The summed E-state index contributed by atoms with van der Waals surface area (Å²) in [5, 5.41) is 3.96. The van der Waals surface area contributed by atoms with Crippen LogP contribution in [0.3, 0.4) is 0 Å². The summed E-state index contributed by atoms with van der Waals surface area (Å²) in [5.74, 6) is 0.0327. The van der Waals surface area contributed by atoms with Gasteiger partial charge in [-0.05, 0) is 48.6 Å². The molecule has 1 aromatic carbocycles. The average molecular weight is 294 g/mol. The van der Waals surface area contributed by atoms with Gasteiger partial charge in [-0.3, -0.25) is 4.79 Å². The Hall–Kier alpha value is -1.28. The first kappa shape index (κ1) is 16.8. The van der Waals surface area contributed by atoms with E-state index in [1.54, 1.807) is 24.3 Å². The van der Waals surface area contributed by atoms with Gasteiger partial charge in [-0.1, -0.05) is 39.3 Å². The monoisotopic (exact) mass is 293 g/mol. The molecule has 0 unspecified atom stereocenters. The maximum Gasteiger partial charge on any atom is 0.208 e. The largest absolute Gasteiger partial charge is 0.381 e. The zero-order valence-electron chi connectivity index (χ0n) is 13.0. The minimum atomic E-state index is 0.0327. The highest BCUT2D eigenvalue weighted by molar-refractivity contribution is 6.30. The van der Waals surface area contributed by atoms with E-state index in [4.69, 9.17) is 11.6 Å². The van der Waals surface area contributed by atoms with E-state index in [-0.39, 0.29) is 11.2 Å². The van der Waals surface area contributed by atoms with Crippen LogP contribution in [-0.2, 0) is 0 Å². The first-order valence-corrected chi connectivity index (χ1v) is 7.36. The van der Waals surface area contributed by atoms with E-state index in [1.165, 1.54) is 0 Å². The van der Waals surface area contributed by atoms with Crippen LogP contribution in [0.4, 0.5) is 0 Å². The number of carbonyl (C=O) groups is 1. The van der Waals surface area contributed by atoms with Gasteiger partial charge in [-0.25, -0.2) is 0 Å². The van der Waals surface area contributed by atoms with Crippen molar-refractivity contribution in [3.8, 4) is 0 Å². The molecule has 0 aliphatic carbocycles. The molecule has 20 heavy (non-hydrogen) atoms. The van der Waals surface area contributed by atoms with Gasteiger partial charge in [-0.2, -0.15) is 0 Å². The molecule has 110 valence electrons. The van der Waals surface area contributed by atoms with Crippen molar-refractivity contribution in [2.24, 2.45) is 5.41 Å². The fourth-order valence-corrected chi connectivity index (χ4v) is 1.83. The number of rotatable bonds is 5. The Morgan fingerprint density at radius 2 is 1.75 bits per heavy atom. The molecule has 1 aromatic rings. The predicted octanol–water partition coefficient (Wildman–Crippen LogP) is 4.84. The minimum absolute atomic E-state index is 0.0327. The maximum absolute atomic E-state index is 12.6. The van der Waals surface area contributed by atoms with Crippen LogP contribution in [0.2, 0.25) is 5.02 Å². The molecule has 0 spiro atoms.